The molecular weight excluding hydrogens is 208 g/mol. The first-order valence-corrected chi connectivity index (χ1v) is 6.84. The smallest absolute Gasteiger partial charge is 0.0456 e. The van der Waals surface area contributed by atoms with Gasteiger partial charge in [0, 0.05) is 31.7 Å². The Balaban J connectivity index is 2.96. The Morgan fingerprint density at radius 1 is 1.06 bits per heavy atom. The van der Waals surface area contributed by atoms with Gasteiger partial charge in [-0.2, -0.15) is 0 Å². The van der Waals surface area contributed by atoms with Crippen molar-refractivity contribution in [3.05, 3.63) is 23.5 Å². The highest BCUT2D eigenvalue weighted by molar-refractivity contribution is 5.53. The van der Waals surface area contributed by atoms with Crippen LogP contribution in [0.4, 0.5) is 5.69 Å². The summed E-state index contributed by atoms with van der Waals surface area (Å²) in [6, 6.07) is 2.14. The molecule has 1 heterocycles. The minimum atomic E-state index is 1.12. The molecule has 0 aliphatic rings. The standard InChI is InChI=1S/C15H26N2/c1-5-7-9-13-14(10-8-6-2)16-12-11-15(13)17(3)4/h11-12H,5-10H2,1-4H3. The molecule has 0 radical (unpaired) electrons. The zero-order chi connectivity index (χ0) is 12.7. The van der Waals surface area contributed by atoms with E-state index < -0.39 is 0 Å². The first kappa shape index (κ1) is 14.0. The Morgan fingerprint density at radius 2 is 1.71 bits per heavy atom. The van der Waals surface area contributed by atoms with E-state index in [0.717, 1.165) is 12.8 Å². The van der Waals surface area contributed by atoms with Gasteiger partial charge in [-0.15, -0.1) is 0 Å². The van der Waals surface area contributed by atoms with E-state index >= 15 is 0 Å². The van der Waals surface area contributed by atoms with E-state index in [1.807, 2.05) is 6.20 Å². The van der Waals surface area contributed by atoms with E-state index in [0.29, 0.717) is 0 Å². The van der Waals surface area contributed by atoms with Crippen molar-refractivity contribution in [2.45, 2.75) is 52.4 Å². The van der Waals surface area contributed by atoms with Crippen molar-refractivity contribution in [1.82, 2.24) is 4.98 Å². The van der Waals surface area contributed by atoms with E-state index in [4.69, 9.17) is 0 Å². The van der Waals surface area contributed by atoms with Crippen LogP contribution in [0, 0.1) is 0 Å². The van der Waals surface area contributed by atoms with Crippen molar-refractivity contribution in [3.63, 3.8) is 0 Å². The van der Waals surface area contributed by atoms with E-state index in [1.54, 1.807) is 0 Å². The fourth-order valence-corrected chi connectivity index (χ4v) is 2.13. The summed E-state index contributed by atoms with van der Waals surface area (Å²) in [5.41, 5.74) is 4.12. The molecule has 0 aliphatic heterocycles. The highest BCUT2D eigenvalue weighted by Crippen LogP contribution is 2.24. The van der Waals surface area contributed by atoms with E-state index in [9.17, 15) is 0 Å². The summed E-state index contributed by atoms with van der Waals surface area (Å²) in [5.74, 6) is 0. The molecule has 0 spiro atoms. The van der Waals surface area contributed by atoms with Gasteiger partial charge < -0.3 is 4.90 Å². The third-order valence-electron chi connectivity index (χ3n) is 3.15. The molecule has 0 aliphatic carbocycles. The van der Waals surface area contributed by atoms with Gasteiger partial charge in [0.05, 0.1) is 0 Å². The van der Waals surface area contributed by atoms with Crippen LogP contribution in [-0.4, -0.2) is 19.1 Å². The van der Waals surface area contributed by atoms with Crippen LogP contribution in [0.1, 0.15) is 50.8 Å². The second-order valence-corrected chi connectivity index (χ2v) is 4.86. The lowest BCUT2D eigenvalue weighted by Gasteiger charge is -2.19. The van der Waals surface area contributed by atoms with Crippen molar-refractivity contribution in [2.75, 3.05) is 19.0 Å². The van der Waals surface area contributed by atoms with Crippen LogP contribution in [-0.2, 0) is 12.8 Å². The SMILES string of the molecule is CCCCc1nccc(N(C)C)c1CCCC. The van der Waals surface area contributed by atoms with Crippen LogP contribution in [0.3, 0.4) is 0 Å². The Kier molecular flexibility index (Phi) is 6.03. The molecule has 0 saturated carbocycles. The number of hydrogen-bond donors (Lipinski definition) is 0. The number of hydrogen-bond acceptors (Lipinski definition) is 2. The third-order valence-corrected chi connectivity index (χ3v) is 3.15. The molecule has 2 nitrogen and oxygen atoms in total. The molecule has 0 bridgehead atoms. The summed E-state index contributed by atoms with van der Waals surface area (Å²) in [4.78, 5) is 6.80. The normalized spacial score (nSPS) is 10.6. The summed E-state index contributed by atoms with van der Waals surface area (Å²) in [5, 5.41) is 0. The summed E-state index contributed by atoms with van der Waals surface area (Å²) >= 11 is 0. The summed E-state index contributed by atoms with van der Waals surface area (Å²) in [7, 11) is 4.24. The average molecular weight is 234 g/mol. The summed E-state index contributed by atoms with van der Waals surface area (Å²) in [6.45, 7) is 4.49. The van der Waals surface area contributed by atoms with Crippen molar-refractivity contribution in [1.29, 1.82) is 0 Å². The Labute approximate surface area is 106 Å². The molecule has 0 N–H and O–H groups in total. The van der Waals surface area contributed by atoms with Crippen molar-refractivity contribution in [3.8, 4) is 0 Å². The van der Waals surface area contributed by atoms with Gasteiger partial charge >= 0.3 is 0 Å². The molecule has 1 aromatic rings. The van der Waals surface area contributed by atoms with E-state index in [2.05, 4.69) is 43.9 Å². The first-order valence-electron chi connectivity index (χ1n) is 6.84. The molecule has 0 saturated heterocycles. The van der Waals surface area contributed by atoms with Crippen molar-refractivity contribution < 1.29 is 0 Å². The average Bonchev–Trinajstić information content (AvgIpc) is 2.33. The van der Waals surface area contributed by atoms with Crippen LogP contribution >= 0.6 is 0 Å². The van der Waals surface area contributed by atoms with Crippen LogP contribution in [0.2, 0.25) is 0 Å². The number of unbranched alkanes of at least 4 members (excludes halogenated alkanes) is 2. The lowest BCUT2D eigenvalue weighted by molar-refractivity contribution is 0.739. The van der Waals surface area contributed by atoms with Gasteiger partial charge in [0.2, 0.25) is 0 Å². The first-order chi connectivity index (χ1) is 8.20. The molecule has 17 heavy (non-hydrogen) atoms. The molecule has 2 heteroatoms. The Morgan fingerprint density at radius 3 is 2.29 bits per heavy atom. The highest BCUT2D eigenvalue weighted by Gasteiger charge is 2.10. The molecule has 0 fully saturated rings. The maximum Gasteiger partial charge on any atom is 0.0456 e. The van der Waals surface area contributed by atoms with Crippen LogP contribution in [0.25, 0.3) is 0 Å². The van der Waals surface area contributed by atoms with Gasteiger partial charge in [-0.1, -0.05) is 26.7 Å². The summed E-state index contributed by atoms with van der Waals surface area (Å²) in [6.07, 6.45) is 9.22. The zero-order valence-corrected chi connectivity index (χ0v) is 11.8. The van der Waals surface area contributed by atoms with Crippen LogP contribution < -0.4 is 4.90 Å². The lowest BCUT2D eigenvalue weighted by Crippen LogP contribution is -2.13. The second-order valence-electron chi connectivity index (χ2n) is 4.86. The minimum absolute atomic E-state index is 1.12. The van der Waals surface area contributed by atoms with Gasteiger partial charge in [0.15, 0.2) is 0 Å². The number of aromatic nitrogens is 1. The molecule has 96 valence electrons. The maximum absolute atomic E-state index is 4.59. The fraction of sp³-hybridized carbons (Fsp3) is 0.667. The van der Waals surface area contributed by atoms with Gasteiger partial charge in [-0.05, 0) is 37.3 Å². The highest BCUT2D eigenvalue weighted by atomic mass is 15.1. The zero-order valence-electron chi connectivity index (χ0n) is 11.8. The largest absolute Gasteiger partial charge is 0.377 e. The molecule has 0 unspecified atom stereocenters. The topological polar surface area (TPSA) is 16.1 Å². The number of nitrogens with zero attached hydrogens (tertiary/aromatic N) is 2. The van der Waals surface area contributed by atoms with Crippen LogP contribution in [0.15, 0.2) is 12.3 Å². The predicted molar refractivity (Wildman–Crippen MR) is 75.8 cm³/mol. The quantitative estimate of drug-likeness (QED) is 0.712. The molecule has 1 aromatic heterocycles. The summed E-state index contributed by atoms with van der Waals surface area (Å²) < 4.78 is 0. The second kappa shape index (κ2) is 7.31. The van der Waals surface area contributed by atoms with Gasteiger partial charge in [-0.3, -0.25) is 4.98 Å². The molecule has 0 amide bonds. The van der Waals surface area contributed by atoms with Gasteiger partial charge in [0.25, 0.3) is 0 Å². The Hall–Kier alpha value is -1.05. The van der Waals surface area contributed by atoms with Crippen molar-refractivity contribution >= 4 is 5.69 Å². The third kappa shape index (κ3) is 4.03. The molecule has 0 atom stereocenters. The molecule has 0 aromatic carbocycles. The lowest BCUT2D eigenvalue weighted by atomic mass is 10.0. The van der Waals surface area contributed by atoms with E-state index in [1.165, 1.54) is 42.6 Å². The minimum Gasteiger partial charge on any atom is -0.377 e. The molecular formula is C15H26N2. The van der Waals surface area contributed by atoms with Gasteiger partial charge in [0.1, 0.15) is 0 Å². The predicted octanol–water partition coefficient (Wildman–Crippen LogP) is 3.83. The Bertz CT molecular complexity index is 332. The van der Waals surface area contributed by atoms with Crippen molar-refractivity contribution in [2.24, 2.45) is 0 Å². The number of pyridine rings is 1. The fourth-order valence-electron chi connectivity index (χ4n) is 2.13. The number of rotatable bonds is 7. The number of anilines is 1. The maximum atomic E-state index is 4.59. The molecule has 1 rings (SSSR count). The van der Waals surface area contributed by atoms with Gasteiger partial charge in [-0.25, -0.2) is 0 Å². The number of aryl methyl sites for hydroxylation is 1. The monoisotopic (exact) mass is 234 g/mol. The van der Waals surface area contributed by atoms with Crippen LogP contribution in [0.5, 0.6) is 0 Å². The van der Waals surface area contributed by atoms with E-state index in [-0.39, 0.29) is 0 Å².